The van der Waals surface area contributed by atoms with Gasteiger partial charge < -0.3 is 46.7 Å². The highest BCUT2D eigenvalue weighted by Gasteiger charge is 2.53. The van der Waals surface area contributed by atoms with Gasteiger partial charge in [-0.05, 0) is 104 Å². The first-order valence-electron chi connectivity index (χ1n) is 26.8. The van der Waals surface area contributed by atoms with E-state index in [4.69, 9.17) is 30.8 Å². The number of nitrogens with two attached hydrogens (primary N) is 2. The van der Waals surface area contributed by atoms with Gasteiger partial charge in [0.15, 0.2) is 11.5 Å². The summed E-state index contributed by atoms with van der Waals surface area (Å²) in [4.78, 5) is 97.4. The number of ether oxygens (including phenoxy) is 2. The number of benzene rings is 3. The van der Waals surface area contributed by atoms with Crippen molar-refractivity contribution in [3.8, 4) is 16.2 Å². The number of carboxylic acid groups (broad SMARTS) is 1. The number of Topliss-reactive ketones (excluding diaryl/α,β-unsaturated/α-hetero) is 1. The van der Waals surface area contributed by atoms with E-state index in [9.17, 15) is 38.3 Å². The van der Waals surface area contributed by atoms with Crippen LogP contribution in [0.5, 0.6) is 5.75 Å². The molecule has 1 saturated carbocycles. The number of carbonyl (C=O) groups excluding carboxylic acids is 6. The van der Waals surface area contributed by atoms with Crippen molar-refractivity contribution in [3.05, 3.63) is 99.7 Å². The summed E-state index contributed by atoms with van der Waals surface area (Å²) in [5, 5.41) is 23.7. The van der Waals surface area contributed by atoms with Crippen LogP contribution < -0.4 is 31.7 Å². The number of hydrogen-bond donors (Lipinski definition) is 6. The van der Waals surface area contributed by atoms with Gasteiger partial charge in [-0.1, -0.05) is 75.4 Å². The molecule has 1 saturated heterocycles. The first-order chi connectivity index (χ1) is 36.9. The number of carboxylic acids is 1. The summed E-state index contributed by atoms with van der Waals surface area (Å²) in [6.45, 7) is 10.8. The fraction of sp³-hybridized carbons (Fsp3) is 0.517. The van der Waals surface area contributed by atoms with E-state index in [1.54, 1.807) is 31.2 Å². The normalized spacial score (nSPS) is 20.3. The first-order valence-corrected chi connectivity index (χ1v) is 27.6. The molecule has 3 aliphatic heterocycles. The minimum absolute atomic E-state index is 0.00810. The largest absolute Gasteiger partial charge is 0.493 e. The Labute approximate surface area is 458 Å². The summed E-state index contributed by atoms with van der Waals surface area (Å²) in [7, 11) is 0. The number of aryl methyl sites for hydroxylation is 3. The minimum Gasteiger partial charge on any atom is -0.493 e. The number of carbonyl (C=O) groups is 7. The van der Waals surface area contributed by atoms with Crippen LogP contribution in [0, 0.1) is 18.3 Å². The van der Waals surface area contributed by atoms with Crippen molar-refractivity contribution in [2.24, 2.45) is 22.8 Å². The van der Waals surface area contributed by atoms with Crippen molar-refractivity contribution in [2.75, 3.05) is 18.1 Å². The summed E-state index contributed by atoms with van der Waals surface area (Å²) in [5.41, 5.74) is 18.2. The molecule has 8 N–H and O–H groups in total. The summed E-state index contributed by atoms with van der Waals surface area (Å²) >= 11 is 1.51. The number of hydrogen-bond acceptors (Lipinski definition) is 13. The number of para-hydroxylation sites is 1. The minimum atomic E-state index is -1.99. The fourth-order valence-corrected chi connectivity index (χ4v) is 11.1. The van der Waals surface area contributed by atoms with Crippen molar-refractivity contribution in [3.63, 3.8) is 0 Å². The maximum Gasteiger partial charge on any atom is 0.300 e. The van der Waals surface area contributed by atoms with Gasteiger partial charge in [0.2, 0.25) is 23.6 Å². The predicted molar refractivity (Wildman–Crippen MR) is 292 cm³/mol. The molecule has 7 atom stereocenters. The SMILES string of the molecule is CC(=O)O.Cc1ncsc1-c1ccc(CNC(=O)[C@@H]2C[C@@H](O)CN2C(=O)[C@@H](NC(=O)C2(F)CC2)C(C)(C)C)c(OCCCc2ccc(CO[C@H](C)[C@H](CCC(N)=O)CC(=O)[C@@H]3Cc4cccc5c4N3C(=O)[C@@H](N)CC5)cc2)c1. The molecule has 1 aliphatic carbocycles. The number of β-amino-alcohol motifs (C(OH)–C–C–N with tert-alkyl or cyclic N) is 1. The number of anilines is 1. The molecule has 0 unspecified atom stereocenters. The first kappa shape index (κ1) is 59.1. The van der Waals surface area contributed by atoms with Crippen LogP contribution in [0.3, 0.4) is 0 Å². The Bertz CT molecular complexity index is 2850. The molecule has 4 heterocycles. The van der Waals surface area contributed by atoms with Crippen LogP contribution in [0.1, 0.15) is 119 Å². The Kier molecular flexibility index (Phi) is 19.3. The van der Waals surface area contributed by atoms with Gasteiger partial charge in [-0.15, -0.1) is 11.3 Å². The van der Waals surface area contributed by atoms with Crippen LogP contribution in [0.15, 0.2) is 66.2 Å². The lowest BCUT2D eigenvalue weighted by atomic mass is 9.85. The molecule has 18 nitrogen and oxygen atoms in total. The number of nitrogens with zero attached hydrogens (tertiary/aromatic N) is 3. The van der Waals surface area contributed by atoms with Gasteiger partial charge in [0.1, 0.15) is 17.8 Å². The van der Waals surface area contributed by atoms with E-state index >= 15 is 0 Å². The zero-order valence-electron chi connectivity index (χ0n) is 45.4. The number of nitrogens with one attached hydrogen (secondary N) is 2. The van der Waals surface area contributed by atoms with Gasteiger partial charge >= 0.3 is 0 Å². The number of primary amides is 1. The second kappa shape index (κ2) is 25.5. The lowest BCUT2D eigenvalue weighted by molar-refractivity contribution is -0.145. The molecule has 2 fully saturated rings. The maximum atomic E-state index is 14.7. The summed E-state index contributed by atoms with van der Waals surface area (Å²) in [6, 6.07) is 16.3. The number of halogens is 1. The molecule has 5 amide bonds. The van der Waals surface area contributed by atoms with Crippen LogP contribution in [-0.4, -0.2) is 117 Å². The highest BCUT2D eigenvalue weighted by Crippen LogP contribution is 2.42. The highest BCUT2D eigenvalue weighted by atomic mass is 32.1. The summed E-state index contributed by atoms with van der Waals surface area (Å²) in [6.07, 6.45) is 2.42. The molecule has 4 aliphatic rings. The van der Waals surface area contributed by atoms with Gasteiger partial charge in [-0.2, -0.15) is 0 Å². The molecule has 8 rings (SSSR count). The monoisotopic (exact) mass is 1100 g/mol. The van der Waals surface area contributed by atoms with Gasteiger partial charge in [0, 0.05) is 51.3 Å². The number of rotatable bonds is 22. The van der Waals surface area contributed by atoms with E-state index in [1.165, 1.54) is 16.2 Å². The lowest BCUT2D eigenvalue weighted by Gasteiger charge is -2.35. The fourth-order valence-electron chi connectivity index (χ4n) is 10.3. The maximum absolute atomic E-state index is 14.7. The number of aromatic nitrogens is 1. The zero-order valence-corrected chi connectivity index (χ0v) is 46.2. The van der Waals surface area contributed by atoms with Crippen molar-refractivity contribution >= 4 is 58.3 Å². The molecular formula is C58H74FN7O11S. The van der Waals surface area contributed by atoms with Crippen molar-refractivity contribution < 1.29 is 57.6 Å². The third-order valence-electron chi connectivity index (χ3n) is 15.0. The Balaban J connectivity index is 0.00000213. The zero-order chi connectivity index (χ0) is 56.6. The lowest BCUT2D eigenvalue weighted by Crippen LogP contribution is -2.59. The van der Waals surface area contributed by atoms with Crippen molar-refractivity contribution in [1.82, 2.24) is 20.5 Å². The smallest absolute Gasteiger partial charge is 0.300 e. The Morgan fingerprint density at radius 1 is 1.01 bits per heavy atom. The quantitative estimate of drug-likeness (QED) is 0.0508. The highest BCUT2D eigenvalue weighted by molar-refractivity contribution is 7.13. The van der Waals surface area contributed by atoms with Gasteiger partial charge in [-0.25, -0.2) is 9.37 Å². The molecular weight excluding hydrogens is 1020 g/mol. The average molecular weight is 1100 g/mol. The van der Waals surface area contributed by atoms with E-state index in [1.807, 2.05) is 74.5 Å². The van der Waals surface area contributed by atoms with Crippen LogP contribution >= 0.6 is 11.3 Å². The Morgan fingerprint density at radius 2 is 1.71 bits per heavy atom. The number of aliphatic carboxylic acids is 1. The van der Waals surface area contributed by atoms with E-state index in [-0.39, 0.29) is 69.4 Å². The van der Waals surface area contributed by atoms with Crippen molar-refractivity contribution in [1.29, 1.82) is 0 Å². The number of aliphatic hydroxyl groups is 1. The van der Waals surface area contributed by atoms with Crippen LogP contribution in [0.2, 0.25) is 0 Å². The number of aliphatic hydroxyl groups excluding tert-OH is 1. The third kappa shape index (κ3) is 14.7. The van der Waals surface area contributed by atoms with E-state index in [0.717, 1.165) is 51.0 Å². The topological polar surface area (TPSA) is 274 Å². The third-order valence-corrected chi connectivity index (χ3v) is 16.0. The second-order valence-corrected chi connectivity index (χ2v) is 23.0. The summed E-state index contributed by atoms with van der Waals surface area (Å²) < 4.78 is 27.5. The Hall–Kier alpha value is -6.61. The molecule has 0 bridgehead atoms. The number of amides is 5. The van der Waals surface area contributed by atoms with Crippen LogP contribution in [0.25, 0.3) is 10.4 Å². The number of ketones is 1. The molecule has 3 aromatic carbocycles. The molecule has 0 spiro atoms. The predicted octanol–water partition coefficient (Wildman–Crippen LogP) is 5.81. The van der Waals surface area contributed by atoms with Crippen LogP contribution in [-0.2, 0) is 70.7 Å². The van der Waals surface area contributed by atoms with Crippen LogP contribution in [0.4, 0.5) is 10.1 Å². The van der Waals surface area contributed by atoms with Gasteiger partial charge in [0.25, 0.3) is 11.9 Å². The molecule has 420 valence electrons. The molecule has 0 radical (unpaired) electrons. The van der Waals surface area contributed by atoms with Gasteiger partial charge in [-0.3, -0.25) is 38.5 Å². The van der Waals surface area contributed by atoms with E-state index in [2.05, 4.69) is 15.6 Å². The standard InChI is InChI=1S/C56H70FN7O9S.C2H4O2/c1-32-49(74-31-61-32)39-15-16-40(28-60-51(68)44-27-41(65)29-63(44)53(70)50(55(3,4)5)62-54(71)56(57)21-22-56)46(26-39)72-23-7-8-34-11-13-35(14-12-34)30-73-33(2)37(18-20-47(59)67)25-45(66)43-24-38-10-6-9-36-17-19-42(58)52(69)64(43)48(36)38;1-2(3)4/h6,9-16,26,31,33,37,41-44,50,65H,7-8,17-25,27-30,58H2,1-5H3,(H2,59,67)(H,60,68)(H,62,71);1H3,(H,3,4)/t33-,37-,41-,42+,43+,44+,50-;/m1./s1. The van der Waals surface area contributed by atoms with E-state index < -0.39 is 77.1 Å². The van der Waals surface area contributed by atoms with Gasteiger partial charge in [0.05, 0.1) is 59.3 Å². The molecule has 4 aromatic rings. The van der Waals surface area contributed by atoms with E-state index in [0.29, 0.717) is 56.4 Å². The average Bonchev–Trinajstić information content (AvgIpc) is 3.66. The second-order valence-electron chi connectivity index (χ2n) is 22.2. The summed E-state index contributed by atoms with van der Waals surface area (Å²) in [5.74, 6) is -3.23. The number of likely N-dealkylation sites (tertiary alicyclic amines) is 1. The number of thiazole rings is 1. The van der Waals surface area contributed by atoms with Crippen molar-refractivity contribution in [2.45, 2.75) is 167 Å². The number of alkyl halides is 1. The molecule has 20 heteroatoms. The Morgan fingerprint density at radius 3 is 2.36 bits per heavy atom. The molecule has 78 heavy (non-hydrogen) atoms. The molecule has 1 aromatic heterocycles.